The summed E-state index contributed by atoms with van der Waals surface area (Å²) in [5.74, 6) is 0. The first-order valence-corrected chi connectivity index (χ1v) is 8.26. The van der Waals surface area contributed by atoms with Crippen LogP contribution in [0.2, 0.25) is 0 Å². The van der Waals surface area contributed by atoms with Crippen LogP contribution >= 0.6 is 0 Å². The number of likely N-dealkylation sites (tertiary alicyclic amines) is 1. The van der Waals surface area contributed by atoms with Gasteiger partial charge in [0.05, 0.1) is 0 Å². The third-order valence-corrected chi connectivity index (χ3v) is 4.50. The quantitative estimate of drug-likeness (QED) is 0.846. The van der Waals surface area contributed by atoms with E-state index in [2.05, 4.69) is 55.3 Å². The van der Waals surface area contributed by atoms with Gasteiger partial charge in [0, 0.05) is 12.1 Å². The van der Waals surface area contributed by atoms with E-state index in [1.54, 1.807) is 0 Å². The number of benzene rings is 1. The molecule has 0 amide bonds. The number of aryl methyl sites for hydroxylation is 1. The highest BCUT2D eigenvalue weighted by molar-refractivity contribution is 5.25. The minimum absolute atomic E-state index is 0.452. The lowest BCUT2D eigenvalue weighted by Gasteiger charge is -2.38. The molecule has 0 aromatic heterocycles. The number of rotatable bonds is 6. The third kappa shape index (κ3) is 4.07. The summed E-state index contributed by atoms with van der Waals surface area (Å²) in [5, 5.41) is 3.76. The molecule has 1 aromatic rings. The number of nitrogens with zero attached hydrogens (tertiary/aromatic N) is 1. The maximum absolute atomic E-state index is 3.76. The summed E-state index contributed by atoms with van der Waals surface area (Å²) in [4.78, 5) is 2.66. The van der Waals surface area contributed by atoms with Gasteiger partial charge in [-0.05, 0) is 58.3 Å². The molecule has 0 aliphatic carbocycles. The van der Waals surface area contributed by atoms with E-state index in [9.17, 15) is 0 Å². The lowest BCUT2D eigenvalue weighted by molar-refractivity contribution is 0.141. The van der Waals surface area contributed by atoms with Crippen LogP contribution in [0.4, 0.5) is 0 Å². The van der Waals surface area contributed by atoms with E-state index < -0.39 is 0 Å². The van der Waals surface area contributed by atoms with Gasteiger partial charge in [-0.2, -0.15) is 0 Å². The Labute approximate surface area is 124 Å². The minimum Gasteiger partial charge on any atom is -0.309 e. The highest BCUT2D eigenvalue weighted by atomic mass is 15.2. The molecule has 2 nitrogen and oxygen atoms in total. The van der Waals surface area contributed by atoms with Crippen molar-refractivity contribution in [2.75, 3.05) is 19.6 Å². The Hall–Kier alpha value is -0.860. The summed E-state index contributed by atoms with van der Waals surface area (Å²) in [7, 11) is 0. The Kier molecular flexibility index (Phi) is 6.06. The number of hydrogen-bond acceptors (Lipinski definition) is 2. The van der Waals surface area contributed by atoms with E-state index in [1.165, 1.54) is 49.9 Å². The van der Waals surface area contributed by atoms with E-state index in [0.29, 0.717) is 12.1 Å². The van der Waals surface area contributed by atoms with Gasteiger partial charge in [0.1, 0.15) is 0 Å². The van der Waals surface area contributed by atoms with Crippen molar-refractivity contribution in [2.24, 2.45) is 0 Å². The summed E-state index contributed by atoms with van der Waals surface area (Å²) >= 11 is 0. The van der Waals surface area contributed by atoms with Crippen LogP contribution in [0.3, 0.4) is 0 Å². The molecule has 1 aromatic carbocycles. The highest BCUT2D eigenvalue weighted by Gasteiger charge is 2.25. The Bertz CT molecular complexity index is 379. The van der Waals surface area contributed by atoms with Crippen molar-refractivity contribution in [1.82, 2.24) is 10.2 Å². The second kappa shape index (κ2) is 7.80. The second-order valence-electron chi connectivity index (χ2n) is 6.18. The summed E-state index contributed by atoms with van der Waals surface area (Å²) in [6, 6.07) is 10.1. The molecular weight excluding hydrogens is 244 g/mol. The van der Waals surface area contributed by atoms with Crippen LogP contribution in [-0.2, 0) is 0 Å². The highest BCUT2D eigenvalue weighted by Crippen LogP contribution is 2.24. The number of piperidine rings is 1. The van der Waals surface area contributed by atoms with Crippen LogP contribution in [0.1, 0.15) is 56.7 Å². The largest absolute Gasteiger partial charge is 0.309 e. The molecule has 1 aliphatic rings. The van der Waals surface area contributed by atoms with E-state index >= 15 is 0 Å². The number of nitrogens with one attached hydrogen (secondary N) is 1. The van der Waals surface area contributed by atoms with E-state index in [1.807, 2.05) is 0 Å². The summed E-state index contributed by atoms with van der Waals surface area (Å²) < 4.78 is 0. The van der Waals surface area contributed by atoms with Gasteiger partial charge in [-0.25, -0.2) is 0 Å². The fraction of sp³-hybridized carbons (Fsp3) is 0.667. The van der Waals surface area contributed by atoms with Crippen molar-refractivity contribution >= 4 is 0 Å². The van der Waals surface area contributed by atoms with Crippen molar-refractivity contribution < 1.29 is 0 Å². The standard InChI is InChI=1S/C18H30N2/c1-4-12-19-18(17-10-8-15(2)9-11-17)16(3)20-13-6-5-7-14-20/h8-11,16,18-19H,4-7,12-14H2,1-3H3. The molecule has 2 rings (SSSR count). The van der Waals surface area contributed by atoms with Crippen LogP contribution < -0.4 is 5.32 Å². The second-order valence-corrected chi connectivity index (χ2v) is 6.18. The molecule has 1 fully saturated rings. The van der Waals surface area contributed by atoms with Crippen LogP contribution in [0.25, 0.3) is 0 Å². The summed E-state index contributed by atoms with van der Waals surface area (Å²) in [6.45, 7) is 10.4. The molecule has 1 saturated heterocycles. The van der Waals surface area contributed by atoms with Gasteiger partial charge >= 0.3 is 0 Å². The van der Waals surface area contributed by atoms with Gasteiger partial charge in [-0.15, -0.1) is 0 Å². The molecular formula is C18H30N2. The van der Waals surface area contributed by atoms with Crippen molar-refractivity contribution in [2.45, 2.75) is 58.5 Å². The van der Waals surface area contributed by atoms with Crippen LogP contribution in [-0.4, -0.2) is 30.6 Å². The van der Waals surface area contributed by atoms with Crippen LogP contribution in [0.5, 0.6) is 0 Å². The van der Waals surface area contributed by atoms with Crippen molar-refractivity contribution in [3.8, 4) is 0 Å². The first-order chi connectivity index (χ1) is 9.72. The van der Waals surface area contributed by atoms with Crippen LogP contribution in [0.15, 0.2) is 24.3 Å². The lowest BCUT2D eigenvalue weighted by atomic mass is 9.96. The van der Waals surface area contributed by atoms with Gasteiger partial charge in [0.2, 0.25) is 0 Å². The van der Waals surface area contributed by atoms with Gasteiger partial charge in [0.15, 0.2) is 0 Å². The van der Waals surface area contributed by atoms with E-state index in [0.717, 1.165) is 6.54 Å². The van der Waals surface area contributed by atoms with Gasteiger partial charge < -0.3 is 5.32 Å². The van der Waals surface area contributed by atoms with Crippen molar-refractivity contribution in [3.63, 3.8) is 0 Å². The number of hydrogen-bond donors (Lipinski definition) is 1. The molecule has 0 bridgehead atoms. The maximum Gasteiger partial charge on any atom is 0.0475 e. The van der Waals surface area contributed by atoms with Crippen LogP contribution in [0, 0.1) is 6.92 Å². The lowest BCUT2D eigenvalue weighted by Crippen LogP contribution is -2.45. The zero-order valence-corrected chi connectivity index (χ0v) is 13.4. The maximum atomic E-state index is 3.76. The first-order valence-electron chi connectivity index (χ1n) is 8.26. The Balaban J connectivity index is 2.10. The smallest absolute Gasteiger partial charge is 0.0475 e. The first kappa shape index (κ1) is 15.5. The molecule has 2 unspecified atom stereocenters. The molecule has 0 saturated carbocycles. The molecule has 1 N–H and O–H groups in total. The third-order valence-electron chi connectivity index (χ3n) is 4.50. The molecule has 1 heterocycles. The summed E-state index contributed by atoms with van der Waals surface area (Å²) in [6.07, 6.45) is 5.31. The summed E-state index contributed by atoms with van der Waals surface area (Å²) in [5.41, 5.74) is 2.77. The normalized spacial score (nSPS) is 19.8. The molecule has 112 valence electrons. The van der Waals surface area contributed by atoms with Gasteiger partial charge in [0.25, 0.3) is 0 Å². The molecule has 20 heavy (non-hydrogen) atoms. The van der Waals surface area contributed by atoms with E-state index in [-0.39, 0.29) is 0 Å². The SMILES string of the molecule is CCCNC(c1ccc(C)cc1)C(C)N1CCCCC1. The molecule has 0 spiro atoms. The van der Waals surface area contributed by atoms with Crippen molar-refractivity contribution in [3.05, 3.63) is 35.4 Å². The van der Waals surface area contributed by atoms with Crippen molar-refractivity contribution in [1.29, 1.82) is 0 Å². The van der Waals surface area contributed by atoms with Gasteiger partial charge in [-0.1, -0.05) is 43.2 Å². The fourth-order valence-corrected chi connectivity index (χ4v) is 3.18. The average Bonchev–Trinajstić information content (AvgIpc) is 2.50. The molecule has 2 atom stereocenters. The zero-order chi connectivity index (χ0) is 14.4. The van der Waals surface area contributed by atoms with Gasteiger partial charge in [-0.3, -0.25) is 4.90 Å². The van der Waals surface area contributed by atoms with E-state index in [4.69, 9.17) is 0 Å². The molecule has 0 radical (unpaired) electrons. The topological polar surface area (TPSA) is 15.3 Å². The Morgan fingerprint density at radius 2 is 1.75 bits per heavy atom. The minimum atomic E-state index is 0.452. The molecule has 2 heteroatoms. The molecule has 1 aliphatic heterocycles. The predicted molar refractivity (Wildman–Crippen MR) is 87.1 cm³/mol. The predicted octanol–water partition coefficient (Wildman–Crippen LogP) is 3.91. The Morgan fingerprint density at radius 3 is 2.35 bits per heavy atom. The fourth-order valence-electron chi connectivity index (χ4n) is 3.18. The zero-order valence-electron chi connectivity index (χ0n) is 13.4. The monoisotopic (exact) mass is 274 g/mol. The Morgan fingerprint density at radius 1 is 1.10 bits per heavy atom. The average molecular weight is 274 g/mol.